The molecule has 0 radical (unpaired) electrons. The van der Waals surface area contributed by atoms with Gasteiger partial charge in [0.1, 0.15) is 0 Å². The van der Waals surface area contributed by atoms with Crippen molar-refractivity contribution in [2.75, 3.05) is 13.1 Å². The first kappa shape index (κ1) is 16.5. The Labute approximate surface area is 133 Å². The second kappa shape index (κ2) is 6.46. The predicted molar refractivity (Wildman–Crippen MR) is 82.9 cm³/mol. The van der Waals surface area contributed by atoms with E-state index in [2.05, 4.69) is 22.9 Å². The van der Waals surface area contributed by atoms with Crippen LogP contribution in [-0.4, -0.2) is 36.9 Å². The average Bonchev–Trinajstić information content (AvgIpc) is 2.47. The van der Waals surface area contributed by atoms with Crippen LogP contribution in [0.2, 0.25) is 0 Å². The molecule has 5 nitrogen and oxygen atoms in total. The third kappa shape index (κ3) is 3.46. The van der Waals surface area contributed by atoms with Crippen molar-refractivity contribution in [3.8, 4) is 0 Å². The molecule has 0 unspecified atom stereocenters. The molecule has 7 heteroatoms. The second-order valence-corrected chi connectivity index (χ2v) is 7.97. The maximum atomic E-state index is 12.7. The van der Waals surface area contributed by atoms with Gasteiger partial charge in [-0.3, -0.25) is 0 Å². The van der Waals surface area contributed by atoms with Gasteiger partial charge in [-0.15, -0.1) is 0 Å². The first-order valence-corrected chi connectivity index (χ1v) is 9.12. The number of aromatic carboxylic acids is 1. The van der Waals surface area contributed by atoms with E-state index in [1.165, 1.54) is 22.5 Å². The molecule has 1 heterocycles. The number of halogens is 1. The highest BCUT2D eigenvalue weighted by molar-refractivity contribution is 9.10. The largest absolute Gasteiger partial charge is 0.478 e. The number of piperidine rings is 1. The third-order valence-corrected chi connectivity index (χ3v) is 6.84. The molecule has 0 bridgehead atoms. The van der Waals surface area contributed by atoms with Crippen LogP contribution in [0.1, 0.15) is 36.5 Å². The van der Waals surface area contributed by atoms with Gasteiger partial charge < -0.3 is 5.11 Å². The van der Waals surface area contributed by atoms with Gasteiger partial charge in [0.15, 0.2) is 0 Å². The third-order valence-electron chi connectivity index (χ3n) is 3.95. The van der Waals surface area contributed by atoms with E-state index in [1.807, 2.05) is 0 Å². The minimum Gasteiger partial charge on any atom is -0.478 e. The highest BCUT2D eigenvalue weighted by atomic mass is 79.9. The fraction of sp³-hybridized carbons (Fsp3) is 0.500. The summed E-state index contributed by atoms with van der Waals surface area (Å²) in [6, 6.07) is 4.07. The van der Waals surface area contributed by atoms with Crippen LogP contribution in [-0.2, 0) is 10.0 Å². The number of carbonyl (C=O) groups is 1. The molecule has 1 aliphatic heterocycles. The molecule has 0 aromatic heterocycles. The van der Waals surface area contributed by atoms with Crippen LogP contribution in [0.15, 0.2) is 27.6 Å². The number of hydrogen-bond donors (Lipinski definition) is 1. The number of hydrogen-bond acceptors (Lipinski definition) is 3. The molecule has 116 valence electrons. The van der Waals surface area contributed by atoms with E-state index in [-0.39, 0.29) is 10.5 Å². The van der Waals surface area contributed by atoms with Gasteiger partial charge >= 0.3 is 5.97 Å². The van der Waals surface area contributed by atoms with Gasteiger partial charge in [-0.05, 0) is 52.9 Å². The summed E-state index contributed by atoms with van der Waals surface area (Å²) in [5.41, 5.74) is -0.0276. The van der Waals surface area contributed by atoms with Crippen LogP contribution in [0.25, 0.3) is 0 Å². The number of nitrogens with zero attached hydrogens (tertiary/aromatic N) is 1. The van der Waals surface area contributed by atoms with Gasteiger partial charge in [0.2, 0.25) is 10.0 Å². The highest BCUT2D eigenvalue weighted by Gasteiger charge is 2.30. The Balaban J connectivity index is 2.32. The molecule has 0 atom stereocenters. The molecular formula is C14H18BrNO4S. The zero-order valence-electron chi connectivity index (χ0n) is 11.8. The van der Waals surface area contributed by atoms with Crippen LogP contribution in [0, 0.1) is 5.92 Å². The predicted octanol–water partition coefficient (Wildman–Crippen LogP) is 2.96. The quantitative estimate of drug-likeness (QED) is 0.877. The number of carboxylic acid groups (broad SMARTS) is 1. The van der Waals surface area contributed by atoms with Gasteiger partial charge in [0.25, 0.3) is 0 Å². The Morgan fingerprint density at radius 1 is 1.38 bits per heavy atom. The van der Waals surface area contributed by atoms with E-state index < -0.39 is 16.0 Å². The Morgan fingerprint density at radius 3 is 2.52 bits per heavy atom. The lowest BCUT2D eigenvalue weighted by Crippen LogP contribution is -2.38. The van der Waals surface area contributed by atoms with Gasteiger partial charge in [-0.2, -0.15) is 4.31 Å². The van der Waals surface area contributed by atoms with Crippen molar-refractivity contribution in [3.05, 3.63) is 28.2 Å². The second-order valence-electron chi connectivity index (χ2n) is 5.21. The van der Waals surface area contributed by atoms with Crippen molar-refractivity contribution in [2.24, 2.45) is 5.92 Å². The minimum atomic E-state index is -3.66. The first-order chi connectivity index (χ1) is 9.86. The average molecular weight is 376 g/mol. The molecule has 0 amide bonds. The number of carboxylic acids is 1. The van der Waals surface area contributed by atoms with E-state index in [0.29, 0.717) is 23.5 Å². The van der Waals surface area contributed by atoms with Crippen LogP contribution in [0.4, 0.5) is 0 Å². The van der Waals surface area contributed by atoms with Crippen LogP contribution in [0.3, 0.4) is 0 Å². The monoisotopic (exact) mass is 375 g/mol. The molecule has 1 fully saturated rings. The zero-order chi connectivity index (χ0) is 15.6. The summed E-state index contributed by atoms with van der Waals surface area (Å²) in [7, 11) is -3.66. The molecule has 2 rings (SSSR count). The Hall–Kier alpha value is -0.920. The van der Waals surface area contributed by atoms with Crippen LogP contribution < -0.4 is 0 Å². The van der Waals surface area contributed by atoms with Crippen molar-refractivity contribution >= 4 is 31.9 Å². The molecule has 1 aromatic rings. The Bertz CT molecular complexity index is 636. The van der Waals surface area contributed by atoms with Gasteiger partial charge in [-0.25, -0.2) is 13.2 Å². The minimum absolute atomic E-state index is 0.0253. The van der Waals surface area contributed by atoms with Crippen molar-refractivity contribution in [2.45, 2.75) is 31.1 Å². The molecule has 0 aliphatic carbocycles. The number of benzene rings is 1. The van der Waals surface area contributed by atoms with Gasteiger partial charge in [0, 0.05) is 17.6 Å². The fourth-order valence-corrected chi connectivity index (χ4v) is 4.95. The molecule has 1 aliphatic rings. The van der Waals surface area contributed by atoms with Crippen molar-refractivity contribution in [3.63, 3.8) is 0 Å². The van der Waals surface area contributed by atoms with E-state index in [9.17, 15) is 13.2 Å². The highest BCUT2D eigenvalue weighted by Crippen LogP contribution is 2.30. The maximum Gasteiger partial charge on any atom is 0.335 e. The number of rotatable bonds is 4. The van der Waals surface area contributed by atoms with E-state index >= 15 is 0 Å². The van der Waals surface area contributed by atoms with E-state index in [1.54, 1.807) is 0 Å². The van der Waals surface area contributed by atoms with Crippen molar-refractivity contribution in [1.82, 2.24) is 4.31 Å². The lowest BCUT2D eigenvalue weighted by Gasteiger charge is -2.31. The topological polar surface area (TPSA) is 74.7 Å². The maximum absolute atomic E-state index is 12.7. The summed E-state index contributed by atoms with van der Waals surface area (Å²) in [6.45, 7) is 3.09. The summed E-state index contributed by atoms with van der Waals surface area (Å²) in [5, 5.41) is 9.02. The van der Waals surface area contributed by atoms with E-state index in [0.717, 1.165) is 19.3 Å². The Kier molecular flexibility index (Phi) is 5.06. The smallest absolute Gasteiger partial charge is 0.335 e. The van der Waals surface area contributed by atoms with Gasteiger partial charge in [-0.1, -0.05) is 13.3 Å². The molecule has 1 saturated heterocycles. The summed E-state index contributed by atoms with van der Waals surface area (Å²) >= 11 is 3.21. The lowest BCUT2D eigenvalue weighted by atomic mass is 9.96. The van der Waals surface area contributed by atoms with Crippen molar-refractivity contribution in [1.29, 1.82) is 0 Å². The van der Waals surface area contributed by atoms with Crippen LogP contribution >= 0.6 is 15.9 Å². The molecule has 1 aromatic carbocycles. The summed E-state index contributed by atoms with van der Waals surface area (Å²) < 4.78 is 27.2. The summed E-state index contributed by atoms with van der Waals surface area (Å²) in [6.07, 6.45) is 2.77. The lowest BCUT2D eigenvalue weighted by molar-refractivity contribution is 0.0696. The van der Waals surface area contributed by atoms with E-state index in [4.69, 9.17) is 5.11 Å². The standard InChI is InChI=1S/C14H18BrNO4S/c1-2-10-5-7-16(8-6-10)21(19,20)13-9-11(14(17)18)3-4-12(13)15/h3-4,9-10H,2,5-8H2,1H3,(H,17,18). The SMILES string of the molecule is CCC1CCN(S(=O)(=O)c2cc(C(=O)O)ccc2Br)CC1. The normalized spacial score (nSPS) is 17.8. The fourth-order valence-electron chi connectivity index (χ4n) is 2.53. The first-order valence-electron chi connectivity index (χ1n) is 6.89. The van der Waals surface area contributed by atoms with Crippen LogP contribution in [0.5, 0.6) is 0 Å². The molecular weight excluding hydrogens is 358 g/mol. The van der Waals surface area contributed by atoms with Gasteiger partial charge in [0.05, 0.1) is 10.5 Å². The molecule has 1 N–H and O–H groups in total. The molecule has 0 spiro atoms. The van der Waals surface area contributed by atoms with Crippen molar-refractivity contribution < 1.29 is 18.3 Å². The summed E-state index contributed by atoms with van der Waals surface area (Å²) in [4.78, 5) is 11.1. The Morgan fingerprint density at radius 2 is 2.00 bits per heavy atom. The zero-order valence-corrected chi connectivity index (χ0v) is 14.2. The molecule has 21 heavy (non-hydrogen) atoms. The summed E-state index contributed by atoms with van der Waals surface area (Å²) in [5.74, 6) is -0.561. The molecule has 0 saturated carbocycles. The number of sulfonamides is 1.